The number of halogens is 1. The average Bonchev–Trinajstić information content (AvgIpc) is 3.18. The Labute approximate surface area is 162 Å². The molecule has 1 aliphatic heterocycles. The molecule has 4 rings (SSSR count). The summed E-state index contributed by atoms with van der Waals surface area (Å²) < 4.78 is 6.01. The molecule has 1 aromatic carbocycles. The second-order valence-electron chi connectivity index (χ2n) is 6.57. The van der Waals surface area contributed by atoms with E-state index in [1.165, 1.54) is 12.4 Å². The van der Waals surface area contributed by atoms with E-state index in [0.717, 1.165) is 30.6 Å². The van der Waals surface area contributed by atoms with Gasteiger partial charge in [0.1, 0.15) is 11.8 Å². The number of carbonyl (C=O) groups is 1. The number of likely N-dealkylation sites (tertiary alicyclic amines) is 1. The minimum atomic E-state index is -0.167. The predicted octanol–water partition coefficient (Wildman–Crippen LogP) is 4.08. The van der Waals surface area contributed by atoms with Crippen molar-refractivity contribution < 1.29 is 9.21 Å². The van der Waals surface area contributed by atoms with Crippen molar-refractivity contribution in [2.24, 2.45) is 0 Å². The monoisotopic (exact) mass is 382 g/mol. The normalized spacial score (nSPS) is 17.1. The van der Waals surface area contributed by atoms with Crippen LogP contribution in [0.4, 0.5) is 0 Å². The highest BCUT2D eigenvalue weighted by Crippen LogP contribution is 2.32. The lowest BCUT2D eigenvalue weighted by molar-refractivity contribution is 0.0569. The smallest absolute Gasteiger partial charge is 0.256 e. The Kier molecular flexibility index (Phi) is 5.16. The highest BCUT2D eigenvalue weighted by Gasteiger charge is 2.32. The van der Waals surface area contributed by atoms with Gasteiger partial charge in [-0.05, 0) is 37.0 Å². The minimum Gasteiger partial charge on any atom is -0.443 e. The van der Waals surface area contributed by atoms with Gasteiger partial charge in [-0.2, -0.15) is 10.2 Å². The van der Waals surface area contributed by atoms with Gasteiger partial charge < -0.3 is 9.32 Å². The van der Waals surface area contributed by atoms with Crippen LogP contribution in [0.3, 0.4) is 0 Å². The van der Waals surface area contributed by atoms with Crippen LogP contribution in [0.25, 0.3) is 0 Å². The molecule has 3 aromatic rings. The van der Waals surface area contributed by atoms with Crippen LogP contribution in [0.5, 0.6) is 0 Å². The van der Waals surface area contributed by atoms with Gasteiger partial charge in [-0.25, -0.2) is 4.98 Å². The number of rotatable bonds is 4. The minimum absolute atomic E-state index is 0.0690. The van der Waals surface area contributed by atoms with Crippen molar-refractivity contribution in [1.29, 1.82) is 0 Å². The summed E-state index contributed by atoms with van der Waals surface area (Å²) >= 11 is 6.24. The maximum atomic E-state index is 12.9. The predicted molar refractivity (Wildman–Crippen MR) is 100 cm³/mol. The summed E-state index contributed by atoms with van der Waals surface area (Å²) in [6.45, 7) is 0.675. The molecule has 7 heteroatoms. The maximum Gasteiger partial charge on any atom is 0.256 e. The van der Waals surface area contributed by atoms with Crippen molar-refractivity contribution in [3.05, 3.63) is 76.7 Å². The number of hydrogen-bond donors (Lipinski definition) is 0. The van der Waals surface area contributed by atoms with Crippen molar-refractivity contribution in [3.8, 4) is 0 Å². The SMILES string of the molecule is O=C(c1ccnnc1)N1CCCCC1c1ncc(Cc2ccccc2Cl)o1. The zero-order valence-electron chi connectivity index (χ0n) is 14.7. The van der Waals surface area contributed by atoms with Gasteiger partial charge >= 0.3 is 0 Å². The number of oxazole rings is 1. The highest BCUT2D eigenvalue weighted by atomic mass is 35.5. The fraction of sp³-hybridized carbons (Fsp3) is 0.300. The lowest BCUT2D eigenvalue weighted by Gasteiger charge is -2.33. The van der Waals surface area contributed by atoms with Crippen LogP contribution in [-0.2, 0) is 6.42 Å². The molecule has 0 N–H and O–H groups in total. The van der Waals surface area contributed by atoms with Crippen LogP contribution in [0.1, 0.15) is 52.9 Å². The molecule has 1 atom stereocenters. The van der Waals surface area contributed by atoms with Crippen LogP contribution in [0.2, 0.25) is 5.02 Å². The molecule has 1 amide bonds. The summed E-state index contributed by atoms with van der Waals surface area (Å²) in [5.41, 5.74) is 1.51. The average molecular weight is 383 g/mol. The number of aromatic nitrogens is 3. The molecule has 1 unspecified atom stereocenters. The fourth-order valence-corrected chi connectivity index (χ4v) is 3.60. The standard InChI is InChI=1S/C20H19ClN4O2/c21-17-6-2-1-5-14(17)11-16-13-22-19(27-16)18-7-3-4-10-25(18)20(26)15-8-9-23-24-12-15/h1-2,5-6,8-9,12-13,18H,3-4,7,10-11H2. The van der Waals surface area contributed by atoms with E-state index in [0.29, 0.717) is 29.4 Å². The largest absolute Gasteiger partial charge is 0.443 e. The lowest BCUT2D eigenvalue weighted by atomic mass is 10.0. The van der Waals surface area contributed by atoms with Gasteiger partial charge in [0.25, 0.3) is 5.91 Å². The second-order valence-corrected chi connectivity index (χ2v) is 6.98. The first-order valence-electron chi connectivity index (χ1n) is 8.98. The van der Waals surface area contributed by atoms with E-state index in [-0.39, 0.29) is 11.9 Å². The third-order valence-corrected chi connectivity index (χ3v) is 5.14. The zero-order chi connectivity index (χ0) is 18.6. The molecule has 1 saturated heterocycles. The Balaban J connectivity index is 1.55. The maximum absolute atomic E-state index is 12.9. The summed E-state index contributed by atoms with van der Waals surface area (Å²) in [5, 5.41) is 8.25. The van der Waals surface area contributed by atoms with E-state index in [9.17, 15) is 4.79 Å². The van der Waals surface area contributed by atoms with Crippen molar-refractivity contribution >= 4 is 17.5 Å². The molecular formula is C20H19ClN4O2. The van der Waals surface area contributed by atoms with Crippen LogP contribution >= 0.6 is 11.6 Å². The third kappa shape index (κ3) is 3.85. The molecule has 0 bridgehead atoms. The zero-order valence-corrected chi connectivity index (χ0v) is 15.5. The summed E-state index contributed by atoms with van der Waals surface area (Å²) in [4.78, 5) is 19.2. The molecule has 2 aromatic heterocycles. The van der Waals surface area contributed by atoms with E-state index in [1.54, 1.807) is 12.3 Å². The Bertz CT molecular complexity index is 928. The van der Waals surface area contributed by atoms with Crippen molar-refractivity contribution in [3.63, 3.8) is 0 Å². The van der Waals surface area contributed by atoms with Crippen LogP contribution in [0.15, 0.2) is 53.3 Å². The molecule has 0 saturated carbocycles. The first-order chi connectivity index (χ1) is 13.2. The Morgan fingerprint density at radius 1 is 1.19 bits per heavy atom. The fourth-order valence-electron chi connectivity index (χ4n) is 3.40. The molecular weight excluding hydrogens is 364 g/mol. The van der Waals surface area contributed by atoms with Crippen molar-refractivity contribution in [2.75, 3.05) is 6.54 Å². The van der Waals surface area contributed by atoms with Crippen molar-refractivity contribution in [2.45, 2.75) is 31.7 Å². The molecule has 0 radical (unpaired) electrons. The molecule has 0 spiro atoms. The number of benzene rings is 1. The number of nitrogens with zero attached hydrogens (tertiary/aromatic N) is 4. The first kappa shape index (κ1) is 17.7. The van der Waals surface area contributed by atoms with E-state index in [1.807, 2.05) is 29.2 Å². The molecule has 3 heterocycles. The molecule has 1 fully saturated rings. The van der Waals surface area contributed by atoms with E-state index in [2.05, 4.69) is 15.2 Å². The molecule has 6 nitrogen and oxygen atoms in total. The van der Waals surface area contributed by atoms with E-state index >= 15 is 0 Å². The molecule has 138 valence electrons. The molecule has 0 aliphatic carbocycles. The number of amides is 1. The van der Waals surface area contributed by atoms with Crippen LogP contribution in [-0.4, -0.2) is 32.5 Å². The van der Waals surface area contributed by atoms with Gasteiger partial charge in [0.15, 0.2) is 0 Å². The topological polar surface area (TPSA) is 72.1 Å². The summed E-state index contributed by atoms with van der Waals surface area (Å²) in [6, 6.07) is 9.19. The Morgan fingerprint density at radius 3 is 2.89 bits per heavy atom. The first-order valence-corrected chi connectivity index (χ1v) is 9.36. The number of hydrogen-bond acceptors (Lipinski definition) is 5. The quantitative estimate of drug-likeness (QED) is 0.679. The van der Waals surface area contributed by atoms with Gasteiger partial charge in [0, 0.05) is 18.0 Å². The van der Waals surface area contributed by atoms with Gasteiger partial charge in [-0.15, -0.1) is 0 Å². The van der Waals surface area contributed by atoms with Crippen LogP contribution in [0, 0.1) is 0 Å². The summed E-state index contributed by atoms with van der Waals surface area (Å²) in [5.74, 6) is 1.24. The van der Waals surface area contributed by atoms with Gasteiger partial charge in [-0.3, -0.25) is 4.79 Å². The third-order valence-electron chi connectivity index (χ3n) is 4.77. The van der Waals surface area contributed by atoms with E-state index < -0.39 is 0 Å². The molecule has 1 aliphatic rings. The molecule has 27 heavy (non-hydrogen) atoms. The van der Waals surface area contributed by atoms with E-state index in [4.69, 9.17) is 16.0 Å². The second kappa shape index (κ2) is 7.88. The Hall–Kier alpha value is -2.73. The Morgan fingerprint density at radius 2 is 2.07 bits per heavy atom. The highest BCUT2D eigenvalue weighted by molar-refractivity contribution is 6.31. The van der Waals surface area contributed by atoms with Crippen LogP contribution < -0.4 is 0 Å². The van der Waals surface area contributed by atoms with Crippen molar-refractivity contribution in [1.82, 2.24) is 20.1 Å². The van der Waals surface area contributed by atoms with Gasteiger partial charge in [0.05, 0.1) is 24.2 Å². The summed E-state index contributed by atoms with van der Waals surface area (Å²) in [7, 11) is 0. The number of piperidine rings is 1. The number of carbonyl (C=O) groups excluding carboxylic acids is 1. The summed E-state index contributed by atoms with van der Waals surface area (Å²) in [6.07, 6.45) is 8.15. The van der Waals surface area contributed by atoms with Gasteiger partial charge in [0.2, 0.25) is 5.89 Å². The van der Waals surface area contributed by atoms with Gasteiger partial charge in [-0.1, -0.05) is 29.8 Å². The lowest BCUT2D eigenvalue weighted by Crippen LogP contribution is -2.38.